The fourth-order valence-corrected chi connectivity index (χ4v) is 2.91. The lowest BCUT2D eigenvalue weighted by molar-refractivity contribution is -0.124. The number of ether oxygens (including phenoxy) is 2. The van der Waals surface area contributed by atoms with Crippen LogP contribution in [0.3, 0.4) is 0 Å². The molecule has 0 aromatic heterocycles. The second kappa shape index (κ2) is 10.4. The second-order valence-electron chi connectivity index (χ2n) is 5.35. The van der Waals surface area contributed by atoms with E-state index in [1.165, 1.54) is 30.9 Å². The second-order valence-corrected chi connectivity index (χ2v) is 6.45. The molecule has 0 radical (unpaired) electrons. The van der Waals surface area contributed by atoms with Crippen molar-refractivity contribution in [1.82, 2.24) is 5.32 Å². The smallest absolute Gasteiger partial charge is 0.342 e. The number of amides is 1. The number of rotatable bonds is 9. The molecule has 0 saturated carbocycles. The summed E-state index contributed by atoms with van der Waals surface area (Å²) in [5, 5.41) is 12.4. The number of esters is 1. The van der Waals surface area contributed by atoms with Gasteiger partial charge in [0, 0.05) is 18.1 Å². The highest BCUT2D eigenvalue weighted by molar-refractivity contribution is 7.98. The van der Waals surface area contributed by atoms with Crippen molar-refractivity contribution in [2.75, 3.05) is 26.0 Å². The largest absolute Gasteiger partial charge is 0.507 e. The zero-order valence-corrected chi connectivity index (χ0v) is 15.3. The first-order valence-corrected chi connectivity index (χ1v) is 9.18. The van der Waals surface area contributed by atoms with Gasteiger partial charge in [-0.3, -0.25) is 4.79 Å². The summed E-state index contributed by atoms with van der Waals surface area (Å²) in [6.07, 6.45) is 0. The fourth-order valence-electron chi connectivity index (χ4n) is 2.09. The number of hydrogen-bond donors (Lipinski definition) is 2. The predicted molar refractivity (Wildman–Crippen MR) is 101 cm³/mol. The molecule has 0 fully saturated rings. The van der Waals surface area contributed by atoms with Gasteiger partial charge in [-0.15, -0.1) is 0 Å². The Morgan fingerprint density at radius 1 is 1.15 bits per heavy atom. The van der Waals surface area contributed by atoms with E-state index in [0.29, 0.717) is 12.3 Å². The molecule has 0 bridgehead atoms. The molecule has 7 heteroatoms. The van der Waals surface area contributed by atoms with E-state index in [9.17, 15) is 14.7 Å². The van der Waals surface area contributed by atoms with Crippen LogP contribution in [0.15, 0.2) is 48.5 Å². The van der Waals surface area contributed by atoms with Crippen molar-refractivity contribution in [3.05, 3.63) is 59.7 Å². The number of hydrogen-bond acceptors (Lipinski definition) is 6. The predicted octanol–water partition coefficient (Wildman–Crippen LogP) is 2.61. The Bertz CT molecular complexity index is 736. The normalized spacial score (nSPS) is 10.2. The number of nitrogens with one attached hydrogen (secondary N) is 1. The zero-order valence-electron chi connectivity index (χ0n) is 14.4. The molecule has 2 aromatic rings. The third-order valence-corrected chi connectivity index (χ3v) is 4.47. The number of benzene rings is 2. The van der Waals surface area contributed by atoms with Gasteiger partial charge < -0.3 is 19.9 Å². The molecule has 2 aromatic carbocycles. The Morgan fingerprint density at radius 3 is 2.65 bits per heavy atom. The van der Waals surface area contributed by atoms with Crippen molar-refractivity contribution in [2.24, 2.45) is 0 Å². The van der Waals surface area contributed by atoms with Gasteiger partial charge in [-0.05, 0) is 23.8 Å². The van der Waals surface area contributed by atoms with Crippen LogP contribution < -0.4 is 10.1 Å². The summed E-state index contributed by atoms with van der Waals surface area (Å²) in [5.41, 5.74) is 1.19. The minimum absolute atomic E-state index is 0.0458. The van der Waals surface area contributed by atoms with E-state index in [2.05, 4.69) is 17.4 Å². The van der Waals surface area contributed by atoms with Crippen LogP contribution >= 0.6 is 11.8 Å². The maximum absolute atomic E-state index is 11.9. The lowest BCUT2D eigenvalue weighted by atomic mass is 10.2. The SMILES string of the molecule is COc1ccc(O)c(C(=O)OCC(=O)NCCSCc2ccccc2)c1. The van der Waals surface area contributed by atoms with Crippen molar-refractivity contribution < 1.29 is 24.2 Å². The number of methoxy groups -OCH3 is 1. The first-order valence-electron chi connectivity index (χ1n) is 8.02. The monoisotopic (exact) mass is 375 g/mol. The summed E-state index contributed by atoms with van der Waals surface area (Å²) >= 11 is 1.71. The van der Waals surface area contributed by atoms with Crippen molar-refractivity contribution >= 4 is 23.6 Å². The van der Waals surface area contributed by atoms with Gasteiger partial charge >= 0.3 is 5.97 Å². The van der Waals surface area contributed by atoms with E-state index in [1.54, 1.807) is 11.8 Å². The standard InChI is InChI=1S/C19H21NO5S/c1-24-15-7-8-17(21)16(11-15)19(23)25-12-18(22)20-9-10-26-13-14-5-3-2-4-6-14/h2-8,11,21H,9-10,12-13H2,1H3,(H,20,22). The molecule has 0 saturated heterocycles. The quantitative estimate of drug-likeness (QED) is 0.518. The van der Waals surface area contributed by atoms with Crippen LogP contribution in [0.2, 0.25) is 0 Å². The first-order chi connectivity index (χ1) is 12.6. The molecular formula is C19H21NO5S. The van der Waals surface area contributed by atoms with E-state index in [1.807, 2.05) is 18.2 Å². The summed E-state index contributed by atoms with van der Waals surface area (Å²) in [5.74, 6) is 0.644. The number of phenolic OH excluding ortho intramolecular Hbond substituents is 1. The van der Waals surface area contributed by atoms with Gasteiger partial charge in [0.05, 0.1) is 7.11 Å². The maximum Gasteiger partial charge on any atom is 0.342 e. The van der Waals surface area contributed by atoms with Gasteiger partial charge in [0.15, 0.2) is 6.61 Å². The molecule has 0 atom stereocenters. The molecule has 0 aliphatic heterocycles. The Labute approximate surface area is 156 Å². The molecule has 0 heterocycles. The third kappa shape index (κ3) is 6.33. The number of phenols is 1. The molecular weight excluding hydrogens is 354 g/mol. The lowest BCUT2D eigenvalue weighted by Gasteiger charge is -2.08. The van der Waals surface area contributed by atoms with Crippen molar-refractivity contribution in [3.63, 3.8) is 0 Å². The van der Waals surface area contributed by atoms with E-state index in [4.69, 9.17) is 9.47 Å². The maximum atomic E-state index is 11.9. The van der Waals surface area contributed by atoms with Gasteiger partial charge in [-0.2, -0.15) is 11.8 Å². The van der Waals surface area contributed by atoms with Gasteiger partial charge in [0.2, 0.25) is 0 Å². The molecule has 0 spiro atoms. The molecule has 0 aliphatic rings. The molecule has 0 unspecified atom stereocenters. The van der Waals surface area contributed by atoms with Crippen molar-refractivity contribution in [3.8, 4) is 11.5 Å². The number of thioether (sulfide) groups is 1. The van der Waals surface area contributed by atoms with Crippen LogP contribution in [0.25, 0.3) is 0 Å². The van der Waals surface area contributed by atoms with Crippen molar-refractivity contribution in [1.29, 1.82) is 0 Å². The highest BCUT2D eigenvalue weighted by Crippen LogP contribution is 2.23. The Morgan fingerprint density at radius 2 is 1.92 bits per heavy atom. The van der Waals surface area contributed by atoms with Crippen LogP contribution in [-0.2, 0) is 15.3 Å². The average Bonchev–Trinajstić information content (AvgIpc) is 2.67. The molecule has 2 N–H and O–H groups in total. The highest BCUT2D eigenvalue weighted by atomic mass is 32.2. The molecule has 1 amide bonds. The topological polar surface area (TPSA) is 84.9 Å². The molecule has 6 nitrogen and oxygen atoms in total. The zero-order chi connectivity index (χ0) is 18.8. The molecule has 26 heavy (non-hydrogen) atoms. The van der Waals surface area contributed by atoms with Crippen LogP contribution in [0, 0.1) is 0 Å². The van der Waals surface area contributed by atoms with Crippen LogP contribution in [-0.4, -0.2) is 43.0 Å². The Hall–Kier alpha value is -2.67. The average molecular weight is 375 g/mol. The van der Waals surface area contributed by atoms with E-state index >= 15 is 0 Å². The van der Waals surface area contributed by atoms with E-state index in [-0.39, 0.29) is 17.2 Å². The Kier molecular flexibility index (Phi) is 7.82. The lowest BCUT2D eigenvalue weighted by Crippen LogP contribution is -2.30. The molecule has 2 rings (SSSR count). The van der Waals surface area contributed by atoms with E-state index in [0.717, 1.165) is 11.5 Å². The Balaban J connectivity index is 1.66. The number of carbonyl (C=O) groups excluding carboxylic acids is 2. The highest BCUT2D eigenvalue weighted by Gasteiger charge is 2.15. The summed E-state index contributed by atoms with van der Waals surface area (Å²) < 4.78 is 9.92. The first kappa shape index (κ1) is 19.7. The van der Waals surface area contributed by atoms with Gasteiger partial charge in [-0.1, -0.05) is 30.3 Å². The van der Waals surface area contributed by atoms with Gasteiger partial charge in [0.25, 0.3) is 5.91 Å². The molecule has 138 valence electrons. The summed E-state index contributed by atoms with van der Waals surface area (Å²) in [7, 11) is 1.45. The summed E-state index contributed by atoms with van der Waals surface area (Å²) in [6.45, 7) is 0.0805. The van der Waals surface area contributed by atoms with Crippen LogP contribution in [0.4, 0.5) is 0 Å². The molecule has 0 aliphatic carbocycles. The number of aromatic hydroxyl groups is 1. The van der Waals surface area contributed by atoms with Gasteiger partial charge in [-0.25, -0.2) is 4.79 Å². The van der Waals surface area contributed by atoms with Gasteiger partial charge in [0.1, 0.15) is 17.1 Å². The number of carbonyl (C=O) groups is 2. The minimum atomic E-state index is -0.782. The van der Waals surface area contributed by atoms with Crippen LogP contribution in [0.5, 0.6) is 11.5 Å². The van der Waals surface area contributed by atoms with Crippen molar-refractivity contribution in [2.45, 2.75) is 5.75 Å². The minimum Gasteiger partial charge on any atom is -0.507 e. The van der Waals surface area contributed by atoms with Crippen LogP contribution in [0.1, 0.15) is 15.9 Å². The summed E-state index contributed by atoms with van der Waals surface area (Å²) in [4.78, 5) is 23.7. The summed E-state index contributed by atoms with van der Waals surface area (Å²) in [6, 6.07) is 14.3. The van der Waals surface area contributed by atoms with E-state index < -0.39 is 12.6 Å². The third-order valence-electron chi connectivity index (χ3n) is 3.44. The fraction of sp³-hybridized carbons (Fsp3) is 0.263.